The van der Waals surface area contributed by atoms with Crippen LogP contribution in [0.2, 0.25) is 0 Å². The van der Waals surface area contributed by atoms with E-state index in [1.807, 2.05) is 0 Å². The zero-order valence-electron chi connectivity index (χ0n) is 7.97. The summed E-state index contributed by atoms with van der Waals surface area (Å²) in [7, 11) is 1.17. The molecule has 1 atom stereocenters. The van der Waals surface area contributed by atoms with Crippen LogP contribution < -0.4 is 11.5 Å². The van der Waals surface area contributed by atoms with Gasteiger partial charge >= 0.3 is 17.8 Å². The fourth-order valence-corrected chi connectivity index (χ4v) is 1.06. The smallest absolute Gasteiger partial charge is 0.334 e. The minimum absolute atomic E-state index is 0.386. The number of amides is 5. The first-order valence-corrected chi connectivity index (χ1v) is 4.04. The van der Waals surface area contributed by atoms with E-state index in [1.54, 1.807) is 0 Å². The molecule has 82 valence electrons. The zero-order valence-corrected chi connectivity index (χ0v) is 7.97. The highest BCUT2D eigenvalue weighted by Crippen LogP contribution is 2.09. The minimum Gasteiger partial charge on any atom is -0.368 e. The van der Waals surface area contributed by atoms with Gasteiger partial charge in [0.1, 0.15) is 6.04 Å². The van der Waals surface area contributed by atoms with Gasteiger partial charge in [-0.15, -0.1) is 0 Å². The first-order chi connectivity index (χ1) is 6.86. The topological polar surface area (TPSA) is 127 Å². The van der Waals surface area contributed by atoms with Crippen molar-refractivity contribution in [3.63, 3.8) is 0 Å². The molecule has 0 aromatic carbocycles. The lowest BCUT2D eigenvalue weighted by molar-refractivity contribution is -0.143. The number of likely N-dealkylation sites (N-methyl/N-ethyl adjacent to an activating group) is 1. The van der Waals surface area contributed by atoms with Gasteiger partial charge in [-0.2, -0.15) is 0 Å². The molecule has 0 spiro atoms. The van der Waals surface area contributed by atoms with Crippen molar-refractivity contribution in [1.29, 1.82) is 0 Å². The molecule has 15 heavy (non-hydrogen) atoms. The summed E-state index contributed by atoms with van der Waals surface area (Å²) in [5, 5.41) is 0. The molecule has 0 saturated carbocycles. The van der Waals surface area contributed by atoms with Crippen molar-refractivity contribution in [2.24, 2.45) is 11.5 Å². The van der Waals surface area contributed by atoms with Crippen LogP contribution in [-0.2, 0) is 14.4 Å². The largest absolute Gasteiger partial charge is 0.368 e. The molecule has 5 amide bonds. The molecular weight excluding hydrogens is 204 g/mol. The summed E-state index contributed by atoms with van der Waals surface area (Å²) in [6, 6.07) is -1.97. The number of primary amides is 1. The Morgan fingerprint density at radius 3 is 2.20 bits per heavy atom. The number of nitrogens with zero attached hydrogens (tertiary/aromatic N) is 2. The lowest BCUT2D eigenvalue weighted by Crippen LogP contribution is -2.48. The minimum atomic E-state index is -1.17. The van der Waals surface area contributed by atoms with E-state index in [9.17, 15) is 19.2 Å². The highest BCUT2D eigenvalue weighted by Gasteiger charge is 2.43. The van der Waals surface area contributed by atoms with Gasteiger partial charge in [0, 0.05) is 7.05 Å². The number of carbonyl (C=O) groups is 4. The summed E-state index contributed by atoms with van der Waals surface area (Å²) < 4.78 is 0. The molecule has 0 aromatic heterocycles. The van der Waals surface area contributed by atoms with E-state index in [1.165, 1.54) is 7.05 Å². The van der Waals surface area contributed by atoms with Crippen LogP contribution in [0.1, 0.15) is 0 Å². The van der Waals surface area contributed by atoms with Gasteiger partial charge < -0.3 is 11.5 Å². The standard InChI is InChI=1S/C7H10N4O4/c1-10-5(13)6(14)11(7(10)15)2-3(8)4(9)12/h3H,2,8H2,1H3,(H2,9,12). The average Bonchev–Trinajstić information content (AvgIpc) is 2.35. The van der Waals surface area contributed by atoms with Crippen molar-refractivity contribution in [3.05, 3.63) is 0 Å². The van der Waals surface area contributed by atoms with Gasteiger partial charge in [0.15, 0.2) is 0 Å². The first-order valence-electron chi connectivity index (χ1n) is 4.04. The maximum Gasteiger partial charge on any atom is 0.334 e. The van der Waals surface area contributed by atoms with E-state index >= 15 is 0 Å². The summed E-state index contributed by atoms with van der Waals surface area (Å²) in [5.74, 6) is -2.80. The van der Waals surface area contributed by atoms with Crippen LogP contribution in [-0.4, -0.2) is 53.2 Å². The van der Waals surface area contributed by atoms with E-state index in [2.05, 4.69) is 0 Å². The number of urea groups is 1. The van der Waals surface area contributed by atoms with Gasteiger partial charge in [-0.05, 0) is 0 Å². The van der Waals surface area contributed by atoms with Crippen molar-refractivity contribution in [3.8, 4) is 0 Å². The summed E-state index contributed by atoms with van der Waals surface area (Å²) >= 11 is 0. The van der Waals surface area contributed by atoms with E-state index in [4.69, 9.17) is 11.5 Å². The molecule has 1 rings (SSSR count). The second-order valence-electron chi connectivity index (χ2n) is 3.07. The van der Waals surface area contributed by atoms with Crippen LogP contribution in [0, 0.1) is 0 Å². The second kappa shape index (κ2) is 3.65. The molecule has 0 aliphatic carbocycles. The van der Waals surface area contributed by atoms with E-state index < -0.39 is 29.8 Å². The molecule has 0 aromatic rings. The van der Waals surface area contributed by atoms with Crippen LogP contribution in [0.25, 0.3) is 0 Å². The van der Waals surface area contributed by atoms with Gasteiger partial charge in [-0.25, -0.2) is 4.79 Å². The fourth-order valence-electron chi connectivity index (χ4n) is 1.06. The number of carbonyl (C=O) groups excluding carboxylic acids is 4. The van der Waals surface area contributed by atoms with E-state index in [-0.39, 0.29) is 6.54 Å². The maximum absolute atomic E-state index is 11.3. The fraction of sp³-hybridized carbons (Fsp3) is 0.429. The highest BCUT2D eigenvalue weighted by molar-refractivity contribution is 6.44. The summed E-state index contributed by atoms with van der Waals surface area (Å²) in [5.41, 5.74) is 10.1. The van der Waals surface area contributed by atoms with Crippen molar-refractivity contribution >= 4 is 23.8 Å². The summed E-state index contributed by atoms with van der Waals surface area (Å²) in [4.78, 5) is 45.4. The third-order valence-electron chi connectivity index (χ3n) is 2.00. The predicted molar refractivity (Wildman–Crippen MR) is 47.0 cm³/mol. The lowest BCUT2D eigenvalue weighted by Gasteiger charge is -2.15. The zero-order chi connectivity index (χ0) is 11.7. The van der Waals surface area contributed by atoms with Crippen molar-refractivity contribution in [2.75, 3.05) is 13.6 Å². The monoisotopic (exact) mass is 214 g/mol. The lowest BCUT2D eigenvalue weighted by atomic mass is 10.3. The van der Waals surface area contributed by atoms with Gasteiger partial charge in [-0.3, -0.25) is 24.2 Å². The number of nitrogens with two attached hydrogens (primary N) is 2. The molecular formula is C7H10N4O4. The molecule has 0 radical (unpaired) electrons. The van der Waals surface area contributed by atoms with Crippen molar-refractivity contribution in [1.82, 2.24) is 9.80 Å². The molecule has 1 aliphatic rings. The average molecular weight is 214 g/mol. The Labute approximate surface area is 84.8 Å². The Hall–Kier alpha value is -1.96. The third kappa shape index (κ3) is 1.79. The molecule has 8 heteroatoms. The molecule has 1 fully saturated rings. The van der Waals surface area contributed by atoms with Gasteiger partial charge in [0.2, 0.25) is 5.91 Å². The molecule has 1 heterocycles. The van der Waals surface area contributed by atoms with Crippen LogP contribution >= 0.6 is 0 Å². The molecule has 8 nitrogen and oxygen atoms in total. The van der Waals surface area contributed by atoms with Crippen LogP contribution in [0.5, 0.6) is 0 Å². The number of rotatable bonds is 3. The van der Waals surface area contributed by atoms with Crippen molar-refractivity contribution in [2.45, 2.75) is 6.04 Å². The van der Waals surface area contributed by atoms with Gasteiger partial charge in [-0.1, -0.05) is 0 Å². The Bertz CT molecular complexity index is 353. The predicted octanol–water partition coefficient (Wildman–Crippen LogP) is -2.78. The molecule has 0 bridgehead atoms. The highest BCUT2D eigenvalue weighted by atomic mass is 16.2. The second-order valence-corrected chi connectivity index (χ2v) is 3.07. The Morgan fingerprint density at radius 2 is 1.87 bits per heavy atom. The quantitative estimate of drug-likeness (QED) is 0.388. The van der Waals surface area contributed by atoms with E-state index in [0.29, 0.717) is 9.80 Å². The number of imide groups is 2. The normalized spacial score (nSPS) is 18.7. The van der Waals surface area contributed by atoms with Crippen LogP contribution in [0.3, 0.4) is 0 Å². The van der Waals surface area contributed by atoms with Gasteiger partial charge in [0.25, 0.3) is 0 Å². The number of hydrogen-bond acceptors (Lipinski definition) is 5. The van der Waals surface area contributed by atoms with Crippen molar-refractivity contribution < 1.29 is 19.2 Å². The maximum atomic E-state index is 11.3. The molecule has 1 unspecified atom stereocenters. The van der Waals surface area contributed by atoms with Crippen LogP contribution in [0.15, 0.2) is 0 Å². The summed E-state index contributed by atoms with van der Waals surface area (Å²) in [6.07, 6.45) is 0. The summed E-state index contributed by atoms with van der Waals surface area (Å²) in [6.45, 7) is -0.386. The number of hydrogen-bond donors (Lipinski definition) is 2. The molecule has 4 N–H and O–H groups in total. The molecule has 1 saturated heterocycles. The SMILES string of the molecule is CN1C(=O)C(=O)N(CC(N)C(N)=O)C1=O. The van der Waals surface area contributed by atoms with E-state index in [0.717, 1.165) is 0 Å². The molecule has 1 aliphatic heterocycles. The Balaban J connectivity index is 2.80. The Morgan fingerprint density at radius 1 is 1.33 bits per heavy atom. The van der Waals surface area contributed by atoms with Gasteiger partial charge in [0.05, 0.1) is 6.54 Å². The third-order valence-corrected chi connectivity index (χ3v) is 2.00. The first kappa shape index (κ1) is 11.1. The van der Waals surface area contributed by atoms with Crippen LogP contribution in [0.4, 0.5) is 4.79 Å². The Kier molecular flexibility index (Phi) is 2.71.